The minimum atomic E-state index is -1.08. The van der Waals surface area contributed by atoms with E-state index in [9.17, 15) is 14.4 Å². The van der Waals surface area contributed by atoms with Gasteiger partial charge in [-0.1, -0.05) is 42.5 Å². The largest absolute Gasteiger partial charge is 0.478 e. The fourth-order valence-electron chi connectivity index (χ4n) is 4.46. The van der Waals surface area contributed by atoms with Crippen molar-refractivity contribution in [2.45, 2.75) is 19.1 Å². The number of imide groups is 1. The molecule has 0 bridgehead atoms. The number of anilines is 2. The van der Waals surface area contributed by atoms with E-state index >= 15 is 0 Å². The van der Waals surface area contributed by atoms with E-state index in [4.69, 9.17) is 9.94 Å². The lowest BCUT2D eigenvalue weighted by molar-refractivity contribution is -0.126. The number of aryl methyl sites for hydroxylation is 1. The molecule has 5 rings (SSSR count). The smallest absolute Gasteiger partial charge is 0.335 e. The minimum Gasteiger partial charge on any atom is -0.478 e. The van der Waals surface area contributed by atoms with Crippen LogP contribution in [0.25, 0.3) is 0 Å². The van der Waals surface area contributed by atoms with Crippen molar-refractivity contribution in [1.29, 1.82) is 0 Å². The number of aromatic carboxylic acids is 1. The van der Waals surface area contributed by atoms with E-state index in [-0.39, 0.29) is 11.5 Å². The van der Waals surface area contributed by atoms with Gasteiger partial charge in [-0.05, 0) is 54.4 Å². The van der Waals surface area contributed by atoms with Crippen LogP contribution in [0.15, 0.2) is 78.9 Å². The van der Waals surface area contributed by atoms with E-state index in [0.717, 1.165) is 21.7 Å². The number of nitrogens with zero attached hydrogens (tertiary/aromatic N) is 2. The van der Waals surface area contributed by atoms with Crippen LogP contribution in [0.1, 0.15) is 27.5 Å². The summed E-state index contributed by atoms with van der Waals surface area (Å²) in [5, 5.41) is 10.8. The summed E-state index contributed by atoms with van der Waals surface area (Å²) in [5.74, 6) is -2.63. The molecule has 2 aliphatic heterocycles. The van der Waals surface area contributed by atoms with Crippen molar-refractivity contribution in [3.05, 3.63) is 95.6 Å². The molecule has 2 amide bonds. The minimum absolute atomic E-state index is 0.0809. The monoisotopic (exact) mass is 428 g/mol. The Morgan fingerprint density at radius 3 is 2.16 bits per heavy atom. The van der Waals surface area contributed by atoms with Gasteiger partial charge < -0.3 is 5.11 Å². The lowest BCUT2D eigenvalue weighted by Gasteiger charge is -2.29. The zero-order valence-corrected chi connectivity index (χ0v) is 17.2. The van der Waals surface area contributed by atoms with Gasteiger partial charge in [0.2, 0.25) is 5.91 Å². The number of hydroxylamine groups is 1. The summed E-state index contributed by atoms with van der Waals surface area (Å²) in [6.07, 6.45) is -0.966. The van der Waals surface area contributed by atoms with Crippen LogP contribution in [0.4, 0.5) is 11.4 Å². The van der Waals surface area contributed by atoms with Crippen LogP contribution in [-0.4, -0.2) is 29.0 Å². The average Bonchev–Trinajstić information content (AvgIpc) is 3.31. The van der Waals surface area contributed by atoms with Crippen LogP contribution in [0.3, 0.4) is 0 Å². The van der Waals surface area contributed by atoms with Crippen LogP contribution in [0, 0.1) is 12.8 Å². The third kappa shape index (κ3) is 3.06. The number of hydrogen-bond acceptors (Lipinski definition) is 5. The molecule has 3 aromatic rings. The Morgan fingerprint density at radius 1 is 0.844 bits per heavy atom. The van der Waals surface area contributed by atoms with E-state index in [1.54, 1.807) is 5.06 Å². The summed E-state index contributed by atoms with van der Waals surface area (Å²) in [6.45, 7) is 1.97. The van der Waals surface area contributed by atoms with Crippen LogP contribution < -0.4 is 9.96 Å². The first kappa shape index (κ1) is 20.0. The number of rotatable bonds is 4. The fraction of sp³-hybridized carbons (Fsp3) is 0.160. The highest BCUT2D eigenvalue weighted by atomic mass is 16.7. The molecule has 2 aliphatic rings. The molecule has 2 fully saturated rings. The number of benzene rings is 3. The molecule has 0 aliphatic carbocycles. The second kappa shape index (κ2) is 7.62. The van der Waals surface area contributed by atoms with E-state index in [1.165, 1.54) is 24.3 Å². The molecule has 0 saturated carbocycles. The maximum absolute atomic E-state index is 13.6. The molecule has 0 unspecified atom stereocenters. The second-order valence-electron chi connectivity index (χ2n) is 7.88. The fourth-order valence-corrected chi connectivity index (χ4v) is 4.46. The van der Waals surface area contributed by atoms with Gasteiger partial charge in [-0.2, -0.15) is 0 Å². The summed E-state index contributed by atoms with van der Waals surface area (Å²) in [6, 6.07) is 22.4. The second-order valence-corrected chi connectivity index (χ2v) is 7.88. The van der Waals surface area contributed by atoms with Crippen LogP contribution in [0.5, 0.6) is 0 Å². The van der Waals surface area contributed by atoms with E-state index in [2.05, 4.69) is 0 Å². The molecule has 2 saturated heterocycles. The Morgan fingerprint density at radius 2 is 1.50 bits per heavy atom. The maximum atomic E-state index is 13.6. The first-order valence-corrected chi connectivity index (χ1v) is 10.2. The van der Waals surface area contributed by atoms with Crippen molar-refractivity contribution in [3.8, 4) is 0 Å². The van der Waals surface area contributed by atoms with Crippen molar-refractivity contribution in [1.82, 2.24) is 0 Å². The standard InChI is InChI=1S/C25H20N2O5/c1-15-7-5-6-10-19(15)21-20-22(32-27(21)18-8-3-2-4-9-18)24(29)26(23(20)28)17-13-11-16(12-14-17)25(30)31/h2-14,20-22H,1H3,(H,30,31)/t20-,21-,22-/m0/s1. The quantitative estimate of drug-likeness (QED) is 0.637. The van der Waals surface area contributed by atoms with Gasteiger partial charge in [0.15, 0.2) is 6.10 Å². The Labute approximate surface area is 184 Å². The van der Waals surface area contributed by atoms with Gasteiger partial charge in [-0.15, -0.1) is 0 Å². The number of hydrogen-bond donors (Lipinski definition) is 1. The zero-order chi connectivity index (χ0) is 22.4. The Bertz CT molecular complexity index is 1210. The summed E-state index contributed by atoms with van der Waals surface area (Å²) >= 11 is 0. The molecule has 32 heavy (non-hydrogen) atoms. The SMILES string of the molecule is Cc1ccccc1[C@H]1[C@@H]2C(=O)N(c3ccc(C(=O)O)cc3)C(=O)[C@H]2ON1c1ccccc1. The van der Waals surface area contributed by atoms with Crippen molar-refractivity contribution in [3.63, 3.8) is 0 Å². The van der Waals surface area contributed by atoms with Crippen molar-refractivity contribution >= 4 is 29.2 Å². The zero-order valence-electron chi connectivity index (χ0n) is 17.2. The predicted molar refractivity (Wildman–Crippen MR) is 117 cm³/mol. The molecular weight excluding hydrogens is 408 g/mol. The summed E-state index contributed by atoms with van der Waals surface area (Å²) in [4.78, 5) is 45.2. The number of para-hydroxylation sites is 1. The van der Waals surface area contributed by atoms with Crippen LogP contribution >= 0.6 is 0 Å². The molecule has 0 radical (unpaired) electrons. The van der Waals surface area contributed by atoms with E-state index < -0.39 is 29.9 Å². The number of carboxylic acid groups (broad SMARTS) is 1. The van der Waals surface area contributed by atoms with Crippen molar-refractivity contribution in [2.75, 3.05) is 9.96 Å². The normalized spacial score (nSPS) is 22.3. The topological polar surface area (TPSA) is 87.2 Å². The number of carboxylic acids is 1. The maximum Gasteiger partial charge on any atom is 0.335 e. The Balaban J connectivity index is 1.57. The number of carbonyl (C=O) groups is 3. The van der Waals surface area contributed by atoms with Crippen LogP contribution in [-0.2, 0) is 14.4 Å². The van der Waals surface area contributed by atoms with Gasteiger partial charge in [-0.25, -0.2) is 14.8 Å². The molecule has 2 heterocycles. The third-order valence-electron chi connectivity index (χ3n) is 6.01. The molecule has 3 aromatic carbocycles. The molecule has 7 nitrogen and oxygen atoms in total. The first-order valence-electron chi connectivity index (χ1n) is 10.2. The molecular formula is C25H20N2O5. The number of carbonyl (C=O) groups excluding carboxylic acids is 2. The first-order chi connectivity index (χ1) is 15.5. The summed E-state index contributed by atoms with van der Waals surface area (Å²) < 4.78 is 0. The van der Waals surface area contributed by atoms with Gasteiger partial charge >= 0.3 is 5.97 Å². The van der Waals surface area contributed by atoms with Crippen molar-refractivity contribution < 1.29 is 24.3 Å². The van der Waals surface area contributed by atoms with Gasteiger partial charge in [0.25, 0.3) is 5.91 Å². The van der Waals surface area contributed by atoms with Crippen LogP contribution in [0.2, 0.25) is 0 Å². The summed E-state index contributed by atoms with van der Waals surface area (Å²) in [5.41, 5.74) is 3.07. The Kier molecular flexibility index (Phi) is 4.75. The van der Waals surface area contributed by atoms with E-state index in [1.807, 2.05) is 61.5 Å². The number of amides is 2. The predicted octanol–water partition coefficient (Wildman–Crippen LogP) is 3.74. The highest BCUT2D eigenvalue weighted by molar-refractivity contribution is 6.24. The third-order valence-corrected chi connectivity index (χ3v) is 6.01. The lowest BCUT2D eigenvalue weighted by Crippen LogP contribution is -2.37. The molecule has 0 spiro atoms. The molecule has 160 valence electrons. The van der Waals surface area contributed by atoms with Crippen molar-refractivity contribution in [2.24, 2.45) is 5.92 Å². The Hall–Kier alpha value is -3.97. The molecule has 3 atom stereocenters. The molecule has 0 aromatic heterocycles. The lowest BCUT2D eigenvalue weighted by atomic mass is 9.88. The van der Waals surface area contributed by atoms with Gasteiger partial charge in [0, 0.05) is 0 Å². The number of fused-ring (bicyclic) bond motifs is 1. The highest BCUT2D eigenvalue weighted by Gasteiger charge is 2.60. The highest BCUT2D eigenvalue weighted by Crippen LogP contribution is 2.48. The van der Waals surface area contributed by atoms with Gasteiger partial charge in [0.05, 0.1) is 23.0 Å². The van der Waals surface area contributed by atoms with Gasteiger partial charge in [-0.3, -0.25) is 14.4 Å². The van der Waals surface area contributed by atoms with E-state index in [0.29, 0.717) is 5.69 Å². The molecule has 7 heteroatoms. The average molecular weight is 428 g/mol. The molecule has 1 N–H and O–H groups in total. The summed E-state index contributed by atoms with van der Waals surface area (Å²) in [7, 11) is 0. The van der Waals surface area contributed by atoms with Gasteiger partial charge in [0.1, 0.15) is 5.92 Å².